The highest BCUT2D eigenvalue weighted by Gasteiger charge is 2.53. The number of thioether (sulfide) groups is 1. The van der Waals surface area contributed by atoms with Crippen LogP contribution in [-0.2, 0) is 32.4 Å². The van der Waals surface area contributed by atoms with Crippen molar-refractivity contribution < 1.29 is 49.0 Å². The predicted molar refractivity (Wildman–Crippen MR) is 157 cm³/mol. The maximum Gasteiger partial charge on any atom is 0.336 e. The molecule has 3 aromatic rings. The first-order chi connectivity index (χ1) is 21.5. The quantitative estimate of drug-likeness (QED) is 0.0591. The van der Waals surface area contributed by atoms with Crippen molar-refractivity contribution in [1.82, 2.24) is 15.2 Å². The molecule has 0 saturated carbocycles. The van der Waals surface area contributed by atoms with Gasteiger partial charge in [-0.05, 0) is 23.8 Å². The summed E-state index contributed by atoms with van der Waals surface area (Å²) in [6.45, 7) is -0.0540. The van der Waals surface area contributed by atoms with Gasteiger partial charge in [0.1, 0.15) is 23.7 Å². The van der Waals surface area contributed by atoms with E-state index in [9.17, 15) is 39.6 Å². The molecule has 0 bridgehead atoms. The first-order valence-electron chi connectivity index (χ1n) is 13.0. The van der Waals surface area contributed by atoms with Gasteiger partial charge in [0.15, 0.2) is 41.3 Å². The Hall–Kier alpha value is -5.42. The van der Waals surface area contributed by atoms with E-state index >= 15 is 0 Å². The third kappa shape index (κ3) is 6.58. The fourth-order valence-electron chi connectivity index (χ4n) is 4.55. The molecule has 5 rings (SSSR count). The van der Waals surface area contributed by atoms with Crippen molar-refractivity contribution in [2.24, 2.45) is 5.16 Å². The number of benzene rings is 1. The lowest BCUT2D eigenvalue weighted by Crippen LogP contribution is -2.71. The molecule has 1 aromatic carbocycles. The van der Waals surface area contributed by atoms with Crippen molar-refractivity contribution in [3.05, 3.63) is 88.3 Å². The number of hydrogen-bond donors (Lipinski definition) is 5. The van der Waals surface area contributed by atoms with Crippen LogP contribution in [0.25, 0.3) is 0 Å². The second kappa shape index (κ2) is 13.1. The standard InChI is InChI=1S/C28H24N6O9S2/c29-28-30-17(13-45-28)20(32-43-11-15-9-18(35)19(36)10-16(15)26(39)40)23(37)31-21-24(38)34-22(27(41)42)14(12-44-25(21)34)5-4-8-33-6-2-1-3-7-33/h1-7,9-10,13,21,25H,8,11-12H2,(H6-,29,30,31,32,35,36,37,39,40,41,42)/b5-4+/t21?,25-/m1/s1. The van der Waals surface area contributed by atoms with Crippen LogP contribution in [0.15, 0.2) is 76.7 Å². The molecule has 2 aliphatic rings. The number of pyridine rings is 1. The highest BCUT2D eigenvalue weighted by molar-refractivity contribution is 8.00. The molecule has 15 nitrogen and oxygen atoms in total. The monoisotopic (exact) mass is 652 g/mol. The Morgan fingerprint density at radius 3 is 2.62 bits per heavy atom. The molecule has 2 aliphatic heterocycles. The first kappa shape index (κ1) is 31.0. The average Bonchev–Trinajstić information content (AvgIpc) is 3.44. The van der Waals surface area contributed by atoms with Gasteiger partial charge in [-0.3, -0.25) is 14.5 Å². The number of oxime groups is 1. The number of carbonyl (C=O) groups excluding carboxylic acids is 3. The predicted octanol–water partition coefficient (Wildman–Crippen LogP) is -0.297. The van der Waals surface area contributed by atoms with E-state index in [0.29, 0.717) is 12.1 Å². The number of nitrogen functional groups attached to an aromatic ring is 1. The summed E-state index contributed by atoms with van der Waals surface area (Å²) in [7, 11) is 0. The van der Waals surface area contributed by atoms with Gasteiger partial charge in [0.05, 0.1) is 17.2 Å². The van der Waals surface area contributed by atoms with Crippen molar-refractivity contribution >= 4 is 57.7 Å². The van der Waals surface area contributed by atoms with Crippen molar-refractivity contribution in [3.8, 4) is 11.5 Å². The van der Waals surface area contributed by atoms with Crippen LogP contribution >= 0.6 is 23.1 Å². The molecule has 0 spiro atoms. The van der Waals surface area contributed by atoms with Crippen LogP contribution < -0.4 is 20.7 Å². The number of nitrogens with one attached hydrogen (secondary N) is 1. The largest absolute Gasteiger partial charge is 0.543 e. The lowest BCUT2D eigenvalue weighted by Gasteiger charge is -2.50. The highest BCUT2D eigenvalue weighted by atomic mass is 32.2. The summed E-state index contributed by atoms with van der Waals surface area (Å²) in [4.78, 5) is 60.5. The van der Waals surface area contributed by atoms with E-state index in [1.54, 1.807) is 12.2 Å². The minimum absolute atomic E-state index is 0.000896. The molecule has 2 amide bonds. The molecule has 2 aromatic heterocycles. The van der Waals surface area contributed by atoms with Crippen LogP contribution in [0.3, 0.4) is 0 Å². The van der Waals surface area contributed by atoms with Crippen LogP contribution in [0.4, 0.5) is 5.13 Å². The average molecular weight is 653 g/mol. The van der Waals surface area contributed by atoms with Gasteiger partial charge in [0.2, 0.25) is 0 Å². The molecule has 17 heteroatoms. The maximum atomic E-state index is 13.3. The SMILES string of the molecule is Nc1nc(/C(=N/OCc2cc(O)c(O)cc2C(=O)O)C(=O)NC2C(=O)N3C(C(=O)[O-])=C(/C=C/C[n+]4ccccc4)CS[C@H]23)cs1. The number of hydrogen-bond acceptors (Lipinski definition) is 13. The van der Waals surface area contributed by atoms with E-state index in [-0.39, 0.29) is 33.4 Å². The first-order valence-corrected chi connectivity index (χ1v) is 15.0. The number of phenols is 2. The minimum Gasteiger partial charge on any atom is -0.543 e. The van der Waals surface area contributed by atoms with Gasteiger partial charge in [-0.15, -0.1) is 23.1 Å². The van der Waals surface area contributed by atoms with Crippen molar-refractivity contribution in [2.75, 3.05) is 11.5 Å². The number of anilines is 1. The molecule has 6 N–H and O–H groups in total. The van der Waals surface area contributed by atoms with Gasteiger partial charge < -0.3 is 41.1 Å². The number of amides is 2. The number of phenolic OH excluding ortho intramolecular Hbond substituents is 2. The van der Waals surface area contributed by atoms with Gasteiger partial charge in [-0.1, -0.05) is 17.3 Å². The van der Waals surface area contributed by atoms with Gasteiger partial charge in [0, 0.05) is 28.8 Å². The lowest BCUT2D eigenvalue weighted by molar-refractivity contribution is -0.687. The number of aromatic nitrogens is 2. The molecule has 1 saturated heterocycles. The second-order valence-electron chi connectivity index (χ2n) is 9.58. The zero-order chi connectivity index (χ0) is 32.2. The van der Waals surface area contributed by atoms with E-state index in [4.69, 9.17) is 10.6 Å². The third-order valence-corrected chi connectivity index (χ3v) is 8.65. The fraction of sp³-hybridized carbons (Fsp3) is 0.179. The number of nitrogens with two attached hydrogens (primary N) is 1. The van der Waals surface area contributed by atoms with E-state index < -0.39 is 59.0 Å². The Bertz CT molecular complexity index is 1770. The summed E-state index contributed by atoms with van der Waals surface area (Å²) < 4.78 is 1.88. The molecular formula is C28H24N6O9S2. The van der Waals surface area contributed by atoms with E-state index in [2.05, 4.69) is 15.5 Å². The number of aromatic carboxylic acids is 1. The van der Waals surface area contributed by atoms with Gasteiger partial charge >= 0.3 is 5.97 Å². The van der Waals surface area contributed by atoms with Crippen LogP contribution in [-0.4, -0.2) is 71.8 Å². The number of allylic oxidation sites excluding steroid dienone is 2. The van der Waals surface area contributed by atoms with Gasteiger partial charge in [-0.2, -0.15) is 0 Å². The summed E-state index contributed by atoms with van der Waals surface area (Å²) >= 11 is 2.26. The Kier molecular flexibility index (Phi) is 9.01. The molecule has 0 aliphatic carbocycles. The summed E-state index contributed by atoms with van der Waals surface area (Å²) in [5, 5.41) is 48.1. The van der Waals surface area contributed by atoms with Gasteiger partial charge in [0.25, 0.3) is 11.8 Å². The molecular weight excluding hydrogens is 628 g/mol. The molecule has 1 unspecified atom stereocenters. The maximum absolute atomic E-state index is 13.3. The fourth-order valence-corrected chi connectivity index (χ4v) is 6.41. The molecule has 1 fully saturated rings. The van der Waals surface area contributed by atoms with Crippen molar-refractivity contribution in [1.29, 1.82) is 0 Å². The van der Waals surface area contributed by atoms with Crippen LogP contribution in [0.1, 0.15) is 21.6 Å². The normalized spacial score (nSPS) is 18.0. The van der Waals surface area contributed by atoms with Crippen molar-refractivity contribution in [3.63, 3.8) is 0 Å². The summed E-state index contributed by atoms with van der Waals surface area (Å²) in [6.07, 6.45) is 7.10. The topological polar surface area (TPSA) is 232 Å². The highest BCUT2D eigenvalue weighted by Crippen LogP contribution is 2.40. The minimum atomic E-state index is -1.53. The molecule has 232 valence electrons. The number of rotatable bonds is 11. The number of carboxylic acids is 2. The summed E-state index contributed by atoms with van der Waals surface area (Å²) in [5.41, 5.74) is 5.00. The molecule has 0 radical (unpaired) electrons. The zero-order valence-corrected chi connectivity index (χ0v) is 24.7. The summed E-state index contributed by atoms with van der Waals surface area (Å²) in [6, 6.07) is 6.28. The number of carboxylic acid groups (broad SMARTS) is 2. The smallest absolute Gasteiger partial charge is 0.336 e. The van der Waals surface area contributed by atoms with Gasteiger partial charge in [-0.25, -0.2) is 14.3 Å². The number of aromatic hydroxyl groups is 2. The van der Waals surface area contributed by atoms with Crippen LogP contribution in [0.5, 0.6) is 11.5 Å². The number of carbonyl (C=O) groups is 4. The second-order valence-corrected chi connectivity index (χ2v) is 11.6. The Labute approximate surface area is 262 Å². The Morgan fingerprint density at radius 2 is 1.96 bits per heavy atom. The third-order valence-electron chi connectivity index (χ3n) is 6.68. The number of fused-ring (bicyclic) bond motifs is 1. The number of β-lactam (4-membered cyclic amide) rings is 1. The van der Waals surface area contributed by atoms with Crippen molar-refractivity contribution in [2.45, 2.75) is 24.6 Å². The van der Waals surface area contributed by atoms with Crippen LogP contribution in [0, 0.1) is 0 Å². The lowest BCUT2D eigenvalue weighted by atomic mass is 10.0. The summed E-state index contributed by atoms with van der Waals surface area (Å²) in [5.74, 6) is -5.51. The Balaban J connectivity index is 1.32. The molecule has 2 atom stereocenters. The van der Waals surface area contributed by atoms with E-state index in [1.165, 1.54) is 17.1 Å². The zero-order valence-electron chi connectivity index (χ0n) is 23.0. The van der Waals surface area contributed by atoms with E-state index in [1.807, 2.05) is 35.2 Å². The molecule has 45 heavy (non-hydrogen) atoms. The van der Waals surface area contributed by atoms with E-state index in [0.717, 1.165) is 28.4 Å². The van der Waals surface area contributed by atoms with Crippen LogP contribution in [0.2, 0.25) is 0 Å². The number of aliphatic carboxylic acids is 1. The number of thiazole rings is 1. The number of nitrogens with zero attached hydrogens (tertiary/aromatic N) is 4. The Morgan fingerprint density at radius 1 is 1.22 bits per heavy atom. The molecule has 4 heterocycles.